The van der Waals surface area contributed by atoms with Crippen LogP contribution in [0, 0.1) is 0 Å². The first kappa shape index (κ1) is 19.7. The highest BCUT2D eigenvalue weighted by Gasteiger charge is 2.32. The third-order valence-electron chi connectivity index (χ3n) is 6.17. The molecule has 0 bridgehead atoms. The molecule has 0 amide bonds. The number of benzene rings is 3. The third-order valence-corrected chi connectivity index (χ3v) is 6.17. The zero-order valence-electron chi connectivity index (χ0n) is 17.6. The molecule has 1 aromatic heterocycles. The van der Waals surface area contributed by atoms with Crippen LogP contribution in [0.3, 0.4) is 0 Å². The van der Waals surface area contributed by atoms with Crippen molar-refractivity contribution in [1.29, 1.82) is 0 Å². The summed E-state index contributed by atoms with van der Waals surface area (Å²) in [6.45, 7) is 5.20. The molecular formula is C26H28N4O+2. The normalized spacial score (nSPS) is 18.9. The first-order valence-electron chi connectivity index (χ1n) is 11.0. The van der Waals surface area contributed by atoms with Gasteiger partial charge in [0, 0.05) is 16.7 Å². The van der Waals surface area contributed by atoms with Crippen LogP contribution in [0.15, 0.2) is 95.5 Å². The second-order valence-corrected chi connectivity index (χ2v) is 8.22. The Kier molecular flexibility index (Phi) is 5.87. The van der Waals surface area contributed by atoms with Crippen LogP contribution in [0.1, 0.15) is 23.1 Å². The fraction of sp³-hybridized carbons (Fsp3) is 0.231. The molecule has 4 aromatic rings. The largest absolute Gasteiger partial charge is 0.333 e. The van der Waals surface area contributed by atoms with E-state index in [0.717, 1.165) is 44.2 Å². The van der Waals surface area contributed by atoms with E-state index < -0.39 is 0 Å². The summed E-state index contributed by atoms with van der Waals surface area (Å²) in [6, 6.07) is 32.2. The zero-order chi connectivity index (χ0) is 20.9. The summed E-state index contributed by atoms with van der Waals surface area (Å²) in [6.07, 6.45) is 0. The van der Waals surface area contributed by atoms with Gasteiger partial charge < -0.3 is 14.3 Å². The topological polar surface area (TPSA) is 47.8 Å². The van der Waals surface area contributed by atoms with Gasteiger partial charge in [-0.05, 0) is 0 Å². The zero-order valence-corrected chi connectivity index (χ0v) is 17.6. The van der Waals surface area contributed by atoms with Crippen LogP contribution in [-0.2, 0) is 6.54 Å². The Morgan fingerprint density at radius 2 is 1.26 bits per heavy atom. The number of nitrogens with zero attached hydrogens (tertiary/aromatic N) is 2. The maximum Gasteiger partial charge on any atom is 0.282 e. The average molecular weight is 413 g/mol. The number of nitrogens with one attached hydrogen (secondary N) is 2. The van der Waals surface area contributed by atoms with Gasteiger partial charge in [0.1, 0.15) is 32.2 Å². The minimum absolute atomic E-state index is 0.372. The summed E-state index contributed by atoms with van der Waals surface area (Å²) < 4.78 is 5.55. The lowest BCUT2D eigenvalue weighted by Gasteiger charge is -2.34. The van der Waals surface area contributed by atoms with E-state index in [9.17, 15) is 0 Å². The first-order chi connectivity index (χ1) is 15.4. The van der Waals surface area contributed by atoms with Crippen molar-refractivity contribution >= 4 is 0 Å². The Bertz CT molecular complexity index is 1030. The smallest absolute Gasteiger partial charge is 0.282 e. The summed E-state index contributed by atoms with van der Waals surface area (Å²) in [5.74, 6) is 1.40. The molecule has 2 heterocycles. The molecule has 3 aromatic carbocycles. The quantitative estimate of drug-likeness (QED) is 0.508. The Morgan fingerprint density at radius 1 is 0.710 bits per heavy atom. The van der Waals surface area contributed by atoms with Crippen LogP contribution in [0.2, 0.25) is 0 Å². The molecule has 0 aliphatic carbocycles. The minimum atomic E-state index is 0.372. The van der Waals surface area contributed by atoms with Crippen molar-refractivity contribution in [3.63, 3.8) is 0 Å². The Labute approximate surface area is 182 Å². The molecule has 0 radical (unpaired) electrons. The van der Waals surface area contributed by atoms with Crippen LogP contribution in [-0.4, -0.2) is 36.3 Å². The van der Waals surface area contributed by atoms with Crippen LogP contribution < -0.4 is 9.80 Å². The van der Waals surface area contributed by atoms with Gasteiger partial charge in [0.15, 0.2) is 6.54 Å². The minimum Gasteiger partial charge on any atom is -0.333 e. The molecule has 5 nitrogen and oxygen atoms in total. The van der Waals surface area contributed by atoms with Gasteiger partial charge in [0.2, 0.25) is 5.82 Å². The fourth-order valence-electron chi connectivity index (χ4n) is 4.59. The number of aromatic nitrogens is 2. The van der Waals surface area contributed by atoms with Crippen LogP contribution in [0.4, 0.5) is 0 Å². The Hall–Kier alpha value is -3.28. The molecule has 0 saturated carbocycles. The molecule has 1 fully saturated rings. The predicted octanol–water partition coefficient (Wildman–Crippen LogP) is 1.81. The van der Waals surface area contributed by atoms with Gasteiger partial charge in [0.25, 0.3) is 5.89 Å². The second-order valence-electron chi connectivity index (χ2n) is 8.22. The highest BCUT2D eigenvalue weighted by molar-refractivity contribution is 5.53. The van der Waals surface area contributed by atoms with Gasteiger partial charge in [-0.1, -0.05) is 96.2 Å². The van der Waals surface area contributed by atoms with E-state index in [1.807, 2.05) is 30.3 Å². The number of hydrogen-bond acceptors (Lipinski definition) is 3. The molecular weight excluding hydrogens is 384 g/mol. The van der Waals surface area contributed by atoms with Gasteiger partial charge in [-0.2, -0.15) is 4.98 Å². The van der Waals surface area contributed by atoms with E-state index in [1.54, 1.807) is 4.90 Å². The Morgan fingerprint density at radius 3 is 1.84 bits per heavy atom. The SMILES string of the molecule is c1ccc(-c2noc(C[NH+]3CC[NH+](C(c4ccccc4)c4ccccc4)CC3)n2)cc1. The van der Waals surface area contributed by atoms with Gasteiger partial charge in [0.05, 0.1) is 0 Å². The van der Waals surface area contributed by atoms with Crippen LogP contribution in [0.5, 0.6) is 0 Å². The number of piperazine rings is 1. The van der Waals surface area contributed by atoms with Crippen LogP contribution >= 0.6 is 0 Å². The van der Waals surface area contributed by atoms with Gasteiger partial charge in [-0.25, -0.2) is 0 Å². The van der Waals surface area contributed by atoms with Gasteiger partial charge in [-0.15, -0.1) is 0 Å². The Balaban J connectivity index is 1.26. The lowest BCUT2D eigenvalue weighted by Crippen LogP contribution is -3.27. The molecule has 31 heavy (non-hydrogen) atoms. The van der Waals surface area contributed by atoms with E-state index in [-0.39, 0.29) is 0 Å². The van der Waals surface area contributed by atoms with Gasteiger partial charge in [-0.3, -0.25) is 0 Å². The molecule has 1 aliphatic rings. The van der Waals surface area contributed by atoms with Crippen molar-refractivity contribution in [3.8, 4) is 11.4 Å². The van der Waals surface area contributed by atoms with E-state index >= 15 is 0 Å². The molecule has 1 saturated heterocycles. The molecule has 1 aliphatic heterocycles. The number of hydrogen-bond donors (Lipinski definition) is 2. The van der Waals surface area contributed by atoms with E-state index in [1.165, 1.54) is 16.0 Å². The lowest BCUT2D eigenvalue weighted by atomic mass is 9.96. The van der Waals surface area contributed by atoms with Crippen molar-refractivity contribution < 1.29 is 14.3 Å². The summed E-state index contributed by atoms with van der Waals surface area (Å²) in [5, 5.41) is 4.17. The lowest BCUT2D eigenvalue weighted by molar-refractivity contribution is -1.03. The summed E-state index contributed by atoms with van der Waals surface area (Å²) in [7, 11) is 0. The highest BCUT2D eigenvalue weighted by atomic mass is 16.5. The molecule has 156 valence electrons. The van der Waals surface area contributed by atoms with E-state index in [0.29, 0.717) is 11.9 Å². The number of quaternary nitrogens is 2. The molecule has 5 heteroatoms. The van der Waals surface area contributed by atoms with Crippen molar-refractivity contribution in [2.24, 2.45) is 0 Å². The summed E-state index contributed by atoms with van der Waals surface area (Å²) in [4.78, 5) is 7.75. The number of rotatable bonds is 6. The third kappa shape index (κ3) is 4.58. The van der Waals surface area contributed by atoms with Crippen molar-refractivity contribution in [3.05, 3.63) is 108 Å². The highest BCUT2D eigenvalue weighted by Crippen LogP contribution is 2.19. The first-order valence-corrected chi connectivity index (χ1v) is 11.0. The second kappa shape index (κ2) is 9.25. The maximum absolute atomic E-state index is 5.55. The summed E-state index contributed by atoms with van der Waals surface area (Å²) in [5.41, 5.74) is 3.77. The fourth-order valence-corrected chi connectivity index (χ4v) is 4.59. The van der Waals surface area contributed by atoms with Crippen molar-refractivity contribution in [2.75, 3.05) is 26.2 Å². The molecule has 0 unspecified atom stereocenters. The van der Waals surface area contributed by atoms with Crippen molar-refractivity contribution in [1.82, 2.24) is 10.1 Å². The standard InChI is InChI=1S/C26H26N4O/c1-4-10-21(11-5-1)25(22-12-6-2-7-13-22)30-18-16-29(17-19-30)20-24-27-26(28-31-24)23-14-8-3-9-15-23/h1-15,25H,16-20H2/p+2. The summed E-state index contributed by atoms with van der Waals surface area (Å²) >= 11 is 0. The molecule has 0 spiro atoms. The molecule has 5 rings (SSSR count). The van der Waals surface area contributed by atoms with Crippen LogP contribution in [0.25, 0.3) is 11.4 Å². The maximum atomic E-state index is 5.55. The van der Waals surface area contributed by atoms with E-state index in [2.05, 4.69) is 70.8 Å². The molecule has 0 atom stereocenters. The van der Waals surface area contributed by atoms with Crippen molar-refractivity contribution in [2.45, 2.75) is 12.6 Å². The molecule has 2 N–H and O–H groups in total. The predicted molar refractivity (Wildman–Crippen MR) is 120 cm³/mol. The average Bonchev–Trinajstić information content (AvgIpc) is 3.31. The monoisotopic (exact) mass is 412 g/mol. The van der Waals surface area contributed by atoms with E-state index in [4.69, 9.17) is 4.52 Å². The van der Waals surface area contributed by atoms with Gasteiger partial charge >= 0.3 is 0 Å².